The molecular formula is C18H18N2O2. The number of nitrogens with zero attached hydrogens (tertiary/aromatic N) is 2. The normalized spacial score (nSPS) is 24.0. The number of Topliss-reactive ketones (excluding diaryl/α,β-unsaturated/α-hetero) is 1. The molecule has 1 aromatic carbocycles. The fraction of sp³-hybridized carbons (Fsp3) is 0.333. The van der Waals surface area contributed by atoms with E-state index in [1.807, 2.05) is 42.1 Å². The first-order chi connectivity index (χ1) is 10.6. The highest BCUT2D eigenvalue weighted by atomic mass is 16.2. The molecule has 0 saturated carbocycles. The summed E-state index contributed by atoms with van der Waals surface area (Å²) < 4.78 is 1.85. The van der Waals surface area contributed by atoms with Crippen LogP contribution < -0.4 is 0 Å². The summed E-state index contributed by atoms with van der Waals surface area (Å²) in [7, 11) is 1.99. The molecule has 2 atom stereocenters. The minimum atomic E-state index is 0.0323. The Hall–Kier alpha value is -2.36. The predicted octanol–water partition coefficient (Wildman–Crippen LogP) is 3.15. The molecular weight excluding hydrogens is 276 g/mol. The first-order valence-corrected chi connectivity index (χ1v) is 7.64. The van der Waals surface area contributed by atoms with Gasteiger partial charge in [0.05, 0.1) is 11.6 Å². The summed E-state index contributed by atoms with van der Waals surface area (Å²) in [6, 6.07) is 10.2. The van der Waals surface area contributed by atoms with E-state index in [9.17, 15) is 9.59 Å². The largest absolute Gasteiger partial charge is 0.372 e. The van der Waals surface area contributed by atoms with Crippen LogP contribution in [-0.2, 0) is 4.79 Å². The number of carbonyl (C=O) groups excluding carboxylic acids is 2. The fourth-order valence-corrected chi connectivity index (χ4v) is 3.88. The number of rotatable bonds is 1. The molecule has 0 spiro atoms. The zero-order valence-electron chi connectivity index (χ0n) is 12.7. The lowest BCUT2D eigenvalue weighted by molar-refractivity contribution is -0.114. The summed E-state index contributed by atoms with van der Waals surface area (Å²) >= 11 is 0. The molecule has 4 heteroatoms. The van der Waals surface area contributed by atoms with Crippen molar-refractivity contribution in [2.75, 3.05) is 7.05 Å². The van der Waals surface area contributed by atoms with E-state index in [4.69, 9.17) is 0 Å². The molecule has 1 aromatic heterocycles. The minimum absolute atomic E-state index is 0.0323. The Labute approximate surface area is 129 Å². The number of para-hydroxylation sites is 1. The Bertz CT molecular complexity index is 831. The minimum Gasteiger partial charge on any atom is -0.372 e. The van der Waals surface area contributed by atoms with Crippen LogP contribution in [0, 0.1) is 5.92 Å². The molecule has 3 heterocycles. The predicted molar refractivity (Wildman–Crippen MR) is 84.6 cm³/mol. The Kier molecular flexibility index (Phi) is 2.76. The molecule has 0 amide bonds. The molecule has 22 heavy (non-hydrogen) atoms. The van der Waals surface area contributed by atoms with Crippen molar-refractivity contribution in [3.05, 3.63) is 47.8 Å². The van der Waals surface area contributed by atoms with Crippen molar-refractivity contribution in [3.63, 3.8) is 0 Å². The van der Waals surface area contributed by atoms with Gasteiger partial charge in [0.15, 0.2) is 5.78 Å². The lowest BCUT2D eigenvalue weighted by Crippen LogP contribution is -2.29. The number of aromatic nitrogens is 1. The Morgan fingerprint density at radius 3 is 2.82 bits per heavy atom. The molecule has 4 rings (SSSR count). The van der Waals surface area contributed by atoms with Crippen LogP contribution >= 0.6 is 0 Å². The Balaban J connectivity index is 1.93. The van der Waals surface area contributed by atoms with Gasteiger partial charge in [-0.1, -0.05) is 18.2 Å². The number of ketones is 1. The molecule has 2 bridgehead atoms. The van der Waals surface area contributed by atoms with E-state index in [-0.39, 0.29) is 23.7 Å². The van der Waals surface area contributed by atoms with Crippen LogP contribution in [0.5, 0.6) is 0 Å². The first-order valence-electron chi connectivity index (χ1n) is 7.64. The summed E-state index contributed by atoms with van der Waals surface area (Å²) in [5.41, 5.74) is 2.78. The van der Waals surface area contributed by atoms with Gasteiger partial charge in [-0.05, 0) is 31.4 Å². The highest BCUT2D eigenvalue weighted by molar-refractivity contribution is 5.98. The highest BCUT2D eigenvalue weighted by Crippen LogP contribution is 2.42. The van der Waals surface area contributed by atoms with Crippen molar-refractivity contribution in [1.82, 2.24) is 9.47 Å². The summed E-state index contributed by atoms with van der Waals surface area (Å²) in [6.07, 6.45) is 3.16. The number of benzene rings is 1. The first kappa shape index (κ1) is 13.3. The van der Waals surface area contributed by atoms with Crippen molar-refractivity contribution in [2.45, 2.75) is 25.8 Å². The zero-order valence-corrected chi connectivity index (χ0v) is 12.7. The standard InChI is InChI=1S/C18H18N2O2/c1-11(21)14-10-19(2)16-8-13(14)9-18(22)20-15-6-4-3-5-12(15)7-17(16)20/h3-7,10,13,16H,8-9H2,1-2H3/t13-,16+/m1/s1. The number of carbonyl (C=O) groups is 2. The van der Waals surface area contributed by atoms with Gasteiger partial charge in [0.2, 0.25) is 5.91 Å². The molecule has 0 N–H and O–H groups in total. The van der Waals surface area contributed by atoms with Gasteiger partial charge in [-0.3, -0.25) is 14.2 Å². The molecule has 0 aliphatic carbocycles. The van der Waals surface area contributed by atoms with Gasteiger partial charge in [-0.2, -0.15) is 0 Å². The van der Waals surface area contributed by atoms with Crippen molar-refractivity contribution < 1.29 is 9.59 Å². The third kappa shape index (κ3) is 1.76. The van der Waals surface area contributed by atoms with Gasteiger partial charge in [0.1, 0.15) is 0 Å². The Morgan fingerprint density at radius 1 is 1.27 bits per heavy atom. The van der Waals surface area contributed by atoms with Crippen LogP contribution in [0.3, 0.4) is 0 Å². The average Bonchev–Trinajstić information content (AvgIpc) is 2.82. The second-order valence-electron chi connectivity index (χ2n) is 6.32. The molecule has 0 saturated heterocycles. The van der Waals surface area contributed by atoms with Gasteiger partial charge in [-0.15, -0.1) is 0 Å². The lowest BCUT2D eigenvalue weighted by atomic mass is 9.84. The molecule has 0 unspecified atom stereocenters. The molecule has 2 aliphatic heterocycles. The number of fused-ring (bicyclic) bond motifs is 6. The van der Waals surface area contributed by atoms with Gasteiger partial charge in [0.25, 0.3) is 0 Å². The van der Waals surface area contributed by atoms with E-state index >= 15 is 0 Å². The summed E-state index contributed by atoms with van der Waals surface area (Å²) in [4.78, 5) is 26.8. The van der Waals surface area contributed by atoms with Gasteiger partial charge < -0.3 is 4.90 Å². The molecule has 4 nitrogen and oxygen atoms in total. The lowest BCUT2D eigenvalue weighted by Gasteiger charge is -2.34. The van der Waals surface area contributed by atoms with Crippen molar-refractivity contribution >= 4 is 22.6 Å². The van der Waals surface area contributed by atoms with E-state index < -0.39 is 0 Å². The Morgan fingerprint density at radius 2 is 2.05 bits per heavy atom. The second kappa shape index (κ2) is 4.57. The van der Waals surface area contributed by atoms with Crippen LogP contribution in [0.25, 0.3) is 10.9 Å². The average molecular weight is 294 g/mol. The van der Waals surface area contributed by atoms with Crippen LogP contribution in [-0.4, -0.2) is 28.2 Å². The highest BCUT2D eigenvalue weighted by Gasteiger charge is 2.37. The monoisotopic (exact) mass is 294 g/mol. The SMILES string of the molecule is CC(=O)C1=CN(C)[C@H]2C[C@@H]1CC(=O)n1c2cc2ccccc21. The van der Waals surface area contributed by atoms with Crippen molar-refractivity contribution in [2.24, 2.45) is 5.92 Å². The maximum Gasteiger partial charge on any atom is 0.231 e. The van der Waals surface area contributed by atoms with Crippen LogP contribution in [0.15, 0.2) is 42.1 Å². The summed E-state index contributed by atoms with van der Waals surface area (Å²) in [6.45, 7) is 1.59. The van der Waals surface area contributed by atoms with E-state index in [0.29, 0.717) is 6.42 Å². The molecule has 2 aromatic rings. The van der Waals surface area contributed by atoms with Gasteiger partial charge >= 0.3 is 0 Å². The third-order valence-corrected chi connectivity index (χ3v) is 4.94. The summed E-state index contributed by atoms with van der Waals surface area (Å²) in [5.74, 6) is 0.190. The maximum atomic E-state index is 12.8. The van der Waals surface area contributed by atoms with Crippen molar-refractivity contribution in [3.8, 4) is 0 Å². The second-order valence-corrected chi connectivity index (χ2v) is 6.32. The quantitative estimate of drug-likeness (QED) is 0.811. The molecule has 0 radical (unpaired) electrons. The van der Waals surface area contributed by atoms with E-state index in [2.05, 4.69) is 11.0 Å². The van der Waals surface area contributed by atoms with Crippen LogP contribution in [0.1, 0.15) is 36.3 Å². The van der Waals surface area contributed by atoms with Crippen LogP contribution in [0.2, 0.25) is 0 Å². The maximum absolute atomic E-state index is 12.8. The van der Waals surface area contributed by atoms with Crippen molar-refractivity contribution in [1.29, 1.82) is 0 Å². The van der Waals surface area contributed by atoms with Gasteiger partial charge in [0, 0.05) is 36.3 Å². The van der Waals surface area contributed by atoms with E-state index in [1.54, 1.807) is 6.92 Å². The smallest absolute Gasteiger partial charge is 0.231 e. The molecule has 112 valence electrons. The third-order valence-electron chi connectivity index (χ3n) is 4.94. The fourth-order valence-electron chi connectivity index (χ4n) is 3.88. The van der Waals surface area contributed by atoms with Gasteiger partial charge in [-0.25, -0.2) is 0 Å². The number of hydrogen-bond donors (Lipinski definition) is 0. The van der Waals surface area contributed by atoms with Crippen LogP contribution in [0.4, 0.5) is 0 Å². The van der Waals surface area contributed by atoms with E-state index in [1.165, 1.54) is 0 Å². The molecule has 0 fully saturated rings. The number of allylic oxidation sites excluding steroid dienone is 1. The number of hydrogen-bond acceptors (Lipinski definition) is 3. The molecule has 2 aliphatic rings. The van der Waals surface area contributed by atoms with E-state index in [0.717, 1.165) is 28.6 Å². The zero-order chi connectivity index (χ0) is 15.4. The summed E-state index contributed by atoms with van der Waals surface area (Å²) in [5, 5.41) is 1.10. The topological polar surface area (TPSA) is 42.3 Å².